The van der Waals surface area contributed by atoms with Crippen LogP contribution in [0.4, 0.5) is 0 Å². The highest BCUT2D eigenvalue weighted by molar-refractivity contribution is 5.40. The second kappa shape index (κ2) is 6.58. The second-order valence-corrected chi connectivity index (χ2v) is 5.29. The Bertz CT molecular complexity index is 544. The first-order valence-corrected chi connectivity index (χ1v) is 7.16. The molecule has 20 heavy (non-hydrogen) atoms. The molecule has 0 aromatic heterocycles. The van der Waals surface area contributed by atoms with Gasteiger partial charge < -0.3 is 9.84 Å². The predicted molar refractivity (Wildman–Crippen MR) is 82.3 cm³/mol. The number of para-hydroxylation sites is 1. The molecule has 0 aliphatic heterocycles. The number of rotatable bonds is 5. The maximum Gasteiger partial charge on any atom is 0.130 e. The van der Waals surface area contributed by atoms with E-state index in [9.17, 15) is 5.11 Å². The molecule has 0 saturated heterocycles. The Morgan fingerprint density at radius 3 is 2.25 bits per heavy atom. The second-order valence-electron chi connectivity index (χ2n) is 5.29. The monoisotopic (exact) mass is 270 g/mol. The normalized spacial score (nSPS) is 12.4. The lowest BCUT2D eigenvalue weighted by Crippen LogP contribution is -1.96. The molecule has 2 rings (SSSR count). The van der Waals surface area contributed by atoms with E-state index in [0.29, 0.717) is 5.92 Å². The van der Waals surface area contributed by atoms with E-state index in [0.717, 1.165) is 23.5 Å². The standard InChI is InChI=1S/C18H22O2/c1-4-17(19)14-9-11-15(12-10-14)20-18-8-6-5-7-16(18)13(2)3/h5-13,17,19H,4H2,1-3H3. The topological polar surface area (TPSA) is 29.5 Å². The van der Waals surface area contributed by atoms with Crippen LogP contribution < -0.4 is 4.74 Å². The van der Waals surface area contributed by atoms with Crippen LogP contribution in [0, 0.1) is 0 Å². The van der Waals surface area contributed by atoms with E-state index in [1.165, 1.54) is 5.56 Å². The molecule has 0 fully saturated rings. The van der Waals surface area contributed by atoms with E-state index in [1.54, 1.807) is 0 Å². The molecule has 0 aliphatic carbocycles. The maximum absolute atomic E-state index is 9.79. The first kappa shape index (κ1) is 14.6. The quantitative estimate of drug-likeness (QED) is 0.824. The van der Waals surface area contributed by atoms with Gasteiger partial charge in [0.25, 0.3) is 0 Å². The van der Waals surface area contributed by atoms with Gasteiger partial charge in [-0.3, -0.25) is 0 Å². The van der Waals surface area contributed by atoms with Gasteiger partial charge in [-0.15, -0.1) is 0 Å². The van der Waals surface area contributed by atoms with E-state index >= 15 is 0 Å². The maximum atomic E-state index is 9.79. The molecular weight excluding hydrogens is 248 g/mol. The lowest BCUT2D eigenvalue weighted by atomic mass is 10.0. The number of hydrogen-bond donors (Lipinski definition) is 1. The zero-order chi connectivity index (χ0) is 14.5. The molecular formula is C18H22O2. The molecule has 2 aromatic carbocycles. The highest BCUT2D eigenvalue weighted by Gasteiger charge is 2.09. The molecule has 0 saturated carbocycles. The van der Waals surface area contributed by atoms with Gasteiger partial charge in [-0.1, -0.05) is 51.1 Å². The minimum absolute atomic E-state index is 0.396. The van der Waals surface area contributed by atoms with Gasteiger partial charge in [-0.2, -0.15) is 0 Å². The Hall–Kier alpha value is -1.80. The van der Waals surface area contributed by atoms with Gasteiger partial charge in [-0.25, -0.2) is 0 Å². The molecule has 2 aromatic rings. The van der Waals surface area contributed by atoms with Crippen molar-refractivity contribution >= 4 is 0 Å². The lowest BCUT2D eigenvalue weighted by molar-refractivity contribution is 0.173. The van der Waals surface area contributed by atoms with Crippen molar-refractivity contribution in [3.05, 3.63) is 59.7 Å². The summed E-state index contributed by atoms with van der Waals surface area (Å²) in [7, 11) is 0. The van der Waals surface area contributed by atoms with E-state index < -0.39 is 6.10 Å². The molecule has 0 amide bonds. The van der Waals surface area contributed by atoms with Crippen molar-refractivity contribution in [1.29, 1.82) is 0 Å². The molecule has 2 nitrogen and oxygen atoms in total. The van der Waals surface area contributed by atoms with Gasteiger partial charge in [0.15, 0.2) is 0 Å². The summed E-state index contributed by atoms with van der Waals surface area (Å²) in [6, 6.07) is 15.7. The Morgan fingerprint density at radius 1 is 1.00 bits per heavy atom. The van der Waals surface area contributed by atoms with Crippen LogP contribution in [0.5, 0.6) is 11.5 Å². The smallest absolute Gasteiger partial charge is 0.130 e. The molecule has 1 unspecified atom stereocenters. The van der Waals surface area contributed by atoms with Crippen LogP contribution in [0.1, 0.15) is 50.3 Å². The number of ether oxygens (including phenoxy) is 1. The van der Waals surface area contributed by atoms with Gasteiger partial charge in [0.1, 0.15) is 11.5 Å². The van der Waals surface area contributed by atoms with Gasteiger partial charge in [0, 0.05) is 0 Å². The highest BCUT2D eigenvalue weighted by Crippen LogP contribution is 2.30. The van der Waals surface area contributed by atoms with Crippen LogP contribution in [-0.2, 0) is 0 Å². The molecule has 0 bridgehead atoms. The van der Waals surface area contributed by atoms with Crippen molar-refractivity contribution in [2.24, 2.45) is 0 Å². The highest BCUT2D eigenvalue weighted by atomic mass is 16.5. The summed E-state index contributed by atoms with van der Waals surface area (Å²) >= 11 is 0. The van der Waals surface area contributed by atoms with Crippen molar-refractivity contribution in [2.45, 2.75) is 39.2 Å². The molecule has 0 spiro atoms. The third-order valence-corrected chi connectivity index (χ3v) is 3.42. The molecule has 0 heterocycles. The fraction of sp³-hybridized carbons (Fsp3) is 0.333. The number of aliphatic hydroxyl groups excluding tert-OH is 1. The molecule has 1 N–H and O–H groups in total. The SMILES string of the molecule is CCC(O)c1ccc(Oc2ccccc2C(C)C)cc1. The van der Waals surface area contributed by atoms with Crippen molar-refractivity contribution < 1.29 is 9.84 Å². The fourth-order valence-electron chi connectivity index (χ4n) is 2.17. The number of benzene rings is 2. The first-order chi connectivity index (χ1) is 9.61. The summed E-state index contributed by atoms with van der Waals surface area (Å²) in [5.41, 5.74) is 2.13. The minimum atomic E-state index is -0.396. The zero-order valence-electron chi connectivity index (χ0n) is 12.3. The van der Waals surface area contributed by atoms with Gasteiger partial charge in [0.2, 0.25) is 0 Å². The van der Waals surface area contributed by atoms with Crippen LogP contribution in [0.15, 0.2) is 48.5 Å². The summed E-state index contributed by atoms with van der Waals surface area (Å²) in [6.07, 6.45) is 0.322. The summed E-state index contributed by atoms with van der Waals surface area (Å²) in [4.78, 5) is 0. The van der Waals surface area contributed by atoms with E-state index in [1.807, 2.05) is 49.4 Å². The summed E-state index contributed by atoms with van der Waals surface area (Å²) in [5, 5.41) is 9.79. The summed E-state index contributed by atoms with van der Waals surface area (Å²) in [5.74, 6) is 2.11. The number of hydrogen-bond acceptors (Lipinski definition) is 2. The number of aliphatic hydroxyl groups is 1. The average Bonchev–Trinajstić information content (AvgIpc) is 2.47. The Balaban J connectivity index is 2.18. The van der Waals surface area contributed by atoms with Crippen LogP contribution in [0.2, 0.25) is 0 Å². The Morgan fingerprint density at radius 2 is 1.65 bits per heavy atom. The third-order valence-electron chi connectivity index (χ3n) is 3.42. The minimum Gasteiger partial charge on any atom is -0.457 e. The molecule has 1 atom stereocenters. The van der Waals surface area contributed by atoms with Crippen molar-refractivity contribution in [3.8, 4) is 11.5 Å². The van der Waals surface area contributed by atoms with E-state index in [-0.39, 0.29) is 0 Å². The summed E-state index contributed by atoms with van der Waals surface area (Å²) < 4.78 is 5.96. The van der Waals surface area contributed by atoms with Crippen LogP contribution in [0.3, 0.4) is 0 Å². The van der Waals surface area contributed by atoms with Gasteiger partial charge >= 0.3 is 0 Å². The van der Waals surface area contributed by atoms with E-state index in [4.69, 9.17) is 4.74 Å². The molecule has 106 valence electrons. The summed E-state index contributed by atoms with van der Waals surface area (Å²) in [6.45, 7) is 6.28. The van der Waals surface area contributed by atoms with Crippen LogP contribution in [-0.4, -0.2) is 5.11 Å². The van der Waals surface area contributed by atoms with Gasteiger partial charge in [0.05, 0.1) is 6.10 Å². The predicted octanol–water partition coefficient (Wildman–Crippen LogP) is 5.05. The third kappa shape index (κ3) is 3.40. The Labute approximate surface area is 121 Å². The van der Waals surface area contributed by atoms with Crippen molar-refractivity contribution in [3.63, 3.8) is 0 Å². The molecule has 0 aliphatic rings. The van der Waals surface area contributed by atoms with Gasteiger partial charge in [-0.05, 0) is 41.7 Å². The fourth-order valence-corrected chi connectivity index (χ4v) is 2.17. The van der Waals surface area contributed by atoms with Crippen LogP contribution in [0.25, 0.3) is 0 Å². The lowest BCUT2D eigenvalue weighted by Gasteiger charge is -2.14. The van der Waals surface area contributed by atoms with Crippen molar-refractivity contribution in [1.82, 2.24) is 0 Å². The van der Waals surface area contributed by atoms with E-state index in [2.05, 4.69) is 19.9 Å². The Kier molecular flexibility index (Phi) is 4.80. The first-order valence-electron chi connectivity index (χ1n) is 7.16. The average molecular weight is 270 g/mol. The molecule has 2 heteroatoms. The van der Waals surface area contributed by atoms with Crippen LogP contribution >= 0.6 is 0 Å². The van der Waals surface area contributed by atoms with Crippen molar-refractivity contribution in [2.75, 3.05) is 0 Å². The molecule has 0 radical (unpaired) electrons. The largest absolute Gasteiger partial charge is 0.457 e. The zero-order valence-corrected chi connectivity index (χ0v) is 12.3.